The number of rotatable bonds is 0. The lowest BCUT2D eigenvalue weighted by molar-refractivity contribution is 0.0339. The van der Waals surface area contributed by atoms with E-state index in [-0.39, 0.29) is 11.2 Å². The highest BCUT2D eigenvalue weighted by molar-refractivity contribution is 6.02. The van der Waals surface area contributed by atoms with Gasteiger partial charge in [-0.05, 0) is 12.0 Å². The van der Waals surface area contributed by atoms with Crippen LogP contribution in [0.3, 0.4) is 0 Å². The zero-order chi connectivity index (χ0) is 10.3. The number of Topliss-reactive ketones (excluding diaryl/α,β-unsaturated/α-hetero) is 1. The Hall–Kier alpha value is -1.15. The minimum atomic E-state index is -0.864. The Labute approximate surface area is 83.6 Å². The van der Waals surface area contributed by atoms with Gasteiger partial charge >= 0.3 is 0 Å². The van der Waals surface area contributed by atoms with Crippen LogP contribution in [0.5, 0.6) is 0 Å². The van der Waals surface area contributed by atoms with Gasteiger partial charge in [0.25, 0.3) is 0 Å². The van der Waals surface area contributed by atoms with Crippen LogP contribution in [0.15, 0.2) is 24.3 Å². The molecule has 1 aliphatic carbocycles. The van der Waals surface area contributed by atoms with E-state index in [0.29, 0.717) is 5.56 Å². The summed E-state index contributed by atoms with van der Waals surface area (Å²) in [5.41, 5.74) is 1.39. The molecule has 0 spiro atoms. The van der Waals surface area contributed by atoms with Crippen molar-refractivity contribution >= 4 is 5.78 Å². The van der Waals surface area contributed by atoms with Crippen molar-refractivity contribution < 1.29 is 9.90 Å². The summed E-state index contributed by atoms with van der Waals surface area (Å²) in [6.07, 6.45) is -0.104. The van der Waals surface area contributed by atoms with E-state index in [0.717, 1.165) is 12.0 Å². The van der Waals surface area contributed by atoms with Crippen LogP contribution >= 0.6 is 0 Å². The third-order valence-electron chi connectivity index (χ3n) is 2.92. The van der Waals surface area contributed by atoms with Crippen LogP contribution in [0.1, 0.15) is 29.8 Å². The Morgan fingerprint density at radius 3 is 2.71 bits per heavy atom. The van der Waals surface area contributed by atoms with E-state index >= 15 is 0 Å². The molecule has 0 heterocycles. The van der Waals surface area contributed by atoms with Crippen LogP contribution in [0.2, 0.25) is 0 Å². The van der Waals surface area contributed by atoms with Crippen molar-refractivity contribution in [3.63, 3.8) is 0 Å². The van der Waals surface area contributed by atoms with Gasteiger partial charge in [0, 0.05) is 11.0 Å². The normalized spacial score (nSPS) is 24.5. The number of fused-ring (bicyclic) bond motifs is 1. The first-order chi connectivity index (χ1) is 6.52. The minimum absolute atomic E-state index is 0.142. The molecule has 0 aliphatic heterocycles. The van der Waals surface area contributed by atoms with Crippen molar-refractivity contribution in [1.82, 2.24) is 0 Å². The molecule has 0 saturated carbocycles. The molecule has 0 radical (unpaired) electrons. The van der Waals surface area contributed by atoms with Crippen LogP contribution in [0.25, 0.3) is 0 Å². The van der Waals surface area contributed by atoms with Gasteiger partial charge in [0.1, 0.15) is 6.10 Å². The molecule has 0 fully saturated rings. The van der Waals surface area contributed by atoms with Gasteiger partial charge in [0.05, 0.1) is 0 Å². The summed E-state index contributed by atoms with van der Waals surface area (Å²) < 4.78 is 0. The Morgan fingerprint density at radius 2 is 2.00 bits per heavy atom. The minimum Gasteiger partial charge on any atom is -0.384 e. The second-order valence-electron chi connectivity index (χ2n) is 4.59. The fourth-order valence-electron chi connectivity index (χ4n) is 2.00. The van der Waals surface area contributed by atoms with E-state index in [1.165, 1.54) is 0 Å². The molecule has 2 rings (SSSR count). The number of aliphatic hydroxyl groups excluding tert-OH is 1. The lowest BCUT2D eigenvalue weighted by Gasteiger charge is -2.34. The highest BCUT2D eigenvalue weighted by Gasteiger charge is 2.39. The van der Waals surface area contributed by atoms with E-state index in [9.17, 15) is 9.90 Å². The summed E-state index contributed by atoms with van der Waals surface area (Å²) in [4.78, 5) is 11.8. The number of carbonyl (C=O) groups is 1. The Morgan fingerprint density at radius 1 is 1.36 bits per heavy atom. The predicted octanol–water partition coefficient (Wildman–Crippen LogP) is 1.81. The van der Waals surface area contributed by atoms with Crippen LogP contribution in [0, 0.1) is 5.41 Å². The number of benzene rings is 1. The third kappa shape index (κ3) is 1.26. The molecular weight excluding hydrogens is 176 g/mol. The van der Waals surface area contributed by atoms with Crippen molar-refractivity contribution in [2.75, 3.05) is 0 Å². The van der Waals surface area contributed by atoms with E-state index < -0.39 is 6.10 Å². The second-order valence-corrected chi connectivity index (χ2v) is 4.59. The van der Waals surface area contributed by atoms with Gasteiger partial charge in [0.15, 0.2) is 5.78 Å². The van der Waals surface area contributed by atoms with Crippen molar-refractivity contribution in [1.29, 1.82) is 0 Å². The number of carbonyl (C=O) groups excluding carboxylic acids is 1. The topological polar surface area (TPSA) is 37.3 Å². The Kier molecular flexibility index (Phi) is 1.96. The number of hydrogen-bond donors (Lipinski definition) is 1. The van der Waals surface area contributed by atoms with E-state index in [1.807, 2.05) is 32.0 Å². The summed E-state index contributed by atoms with van der Waals surface area (Å²) >= 11 is 0. The summed E-state index contributed by atoms with van der Waals surface area (Å²) in [6.45, 7) is 3.84. The maximum Gasteiger partial charge on any atom is 0.192 e. The Bertz CT molecular complexity index is 380. The molecule has 14 heavy (non-hydrogen) atoms. The number of aliphatic hydroxyl groups is 1. The fraction of sp³-hybridized carbons (Fsp3) is 0.417. The first-order valence-corrected chi connectivity index (χ1v) is 4.82. The van der Waals surface area contributed by atoms with Gasteiger partial charge < -0.3 is 5.11 Å². The summed E-state index contributed by atoms with van der Waals surface area (Å²) in [7, 11) is 0. The average molecular weight is 190 g/mol. The van der Waals surface area contributed by atoms with Crippen molar-refractivity contribution in [3.8, 4) is 0 Å². The summed E-state index contributed by atoms with van der Waals surface area (Å²) in [5, 5.41) is 9.80. The summed E-state index contributed by atoms with van der Waals surface area (Å²) in [5.74, 6) is -0.142. The maximum atomic E-state index is 11.8. The van der Waals surface area contributed by atoms with Gasteiger partial charge in [-0.1, -0.05) is 38.1 Å². The lowest BCUT2D eigenvalue weighted by atomic mass is 9.71. The van der Waals surface area contributed by atoms with E-state index in [4.69, 9.17) is 0 Å². The molecule has 1 aromatic rings. The quantitative estimate of drug-likeness (QED) is 0.677. The maximum absolute atomic E-state index is 11.8. The molecule has 0 bridgehead atoms. The molecule has 1 aromatic carbocycles. The second kappa shape index (κ2) is 2.92. The van der Waals surface area contributed by atoms with Crippen LogP contribution in [-0.4, -0.2) is 17.0 Å². The molecule has 1 aliphatic rings. The monoisotopic (exact) mass is 190 g/mol. The molecule has 0 amide bonds. The van der Waals surface area contributed by atoms with Crippen LogP contribution in [0.4, 0.5) is 0 Å². The average Bonchev–Trinajstić information content (AvgIpc) is 2.14. The number of ketones is 1. The molecule has 1 N–H and O–H groups in total. The van der Waals surface area contributed by atoms with Crippen molar-refractivity contribution in [2.45, 2.75) is 26.4 Å². The Balaban J connectivity index is 2.54. The fourth-order valence-corrected chi connectivity index (χ4v) is 2.00. The smallest absolute Gasteiger partial charge is 0.192 e. The molecule has 1 atom stereocenters. The molecule has 2 nitrogen and oxygen atoms in total. The molecule has 1 unspecified atom stereocenters. The molecular formula is C12H14O2. The first-order valence-electron chi connectivity index (χ1n) is 4.82. The highest BCUT2D eigenvalue weighted by Crippen LogP contribution is 2.34. The SMILES string of the molecule is CC1(C)Cc2ccccc2C(=O)C1O. The summed E-state index contributed by atoms with van der Waals surface area (Å²) in [6, 6.07) is 7.51. The van der Waals surface area contributed by atoms with E-state index in [1.54, 1.807) is 6.07 Å². The predicted molar refractivity (Wildman–Crippen MR) is 54.3 cm³/mol. The van der Waals surface area contributed by atoms with Gasteiger partial charge in [-0.25, -0.2) is 0 Å². The molecule has 0 saturated heterocycles. The number of hydrogen-bond acceptors (Lipinski definition) is 2. The van der Waals surface area contributed by atoms with Crippen LogP contribution < -0.4 is 0 Å². The van der Waals surface area contributed by atoms with Gasteiger partial charge in [-0.3, -0.25) is 4.79 Å². The molecule has 2 heteroatoms. The standard InChI is InChI=1S/C12H14O2/c1-12(2)7-8-5-3-4-6-9(8)10(13)11(12)14/h3-6,11,14H,7H2,1-2H3. The molecule has 74 valence electrons. The largest absolute Gasteiger partial charge is 0.384 e. The highest BCUT2D eigenvalue weighted by atomic mass is 16.3. The van der Waals surface area contributed by atoms with Gasteiger partial charge in [-0.2, -0.15) is 0 Å². The first kappa shape index (κ1) is 9.41. The van der Waals surface area contributed by atoms with Crippen molar-refractivity contribution in [2.24, 2.45) is 5.41 Å². The van der Waals surface area contributed by atoms with Crippen LogP contribution in [-0.2, 0) is 6.42 Å². The lowest BCUT2D eigenvalue weighted by Crippen LogP contribution is -2.42. The zero-order valence-electron chi connectivity index (χ0n) is 8.45. The third-order valence-corrected chi connectivity index (χ3v) is 2.92. The molecule has 0 aromatic heterocycles. The van der Waals surface area contributed by atoms with Crippen molar-refractivity contribution in [3.05, 3.63) is 35.4 Å². The van der Waals surface area contributed by atoms with Gasteiger partial charge in [-0.15, -0.1) is 0 Å². The van der Waals surface area contributed by atoms with E-state index in [2.05, 4.69) is 0 Å². The zero-order valence-corrected chi connectivity index (χ0v) is 8.45. The van der Waals surface area contributed by atoms with Gasteiger partial charge in [0.2, 0.25) is 0 Å².